The summed E-state index contributed by atoms with van der Waals surface area (Å²) in [6, 6.07) is 0.812. The van der Waals surface area contributed by atoms with Gasteiger partial charge in [0, 0.05) is 36.9 Å². The Morgan fingerprint density at radius 3 is 2.56 bits per heavy atom. The summed E-state index contributed by atoms with van der Waals surface area (Å²) in [5.41, 5.74) is 2.93. The highest BCUT2D eigenvalue weighted by Crippen LogP contribution is 2.28. The Hall–Kier alpha value is -2.60. The molecule has 3 aromatic rings. The number of hydrogen-bond acceptors (Lipinski definition) is 10. The molecule has 0 unspecified atom stereocenters. The van der Waals surface area contributed by atoms with E-state index in [4.69, 9.17) is 16.3 Å². The molecule has 1 aliphatic carbocycles. The molecule has 0 saturated heterocycles. The lowest BCUT2D eigenvalue weighted by atomic mass is 9.91. The molecule has 12 heteroatoms. The molecule has 5 rings (SSSR count). The number of hydrogen-bond donors (Lipinski definition) is 3. The second-order valence-corrected chi connectivity index (χ2v) is 9.70. The minimum Gasteiger partial charge on any atom is -0.480 e. The van der Waals surface area contributed by atoms with Gasteiger partial charge in [-0.2, -0.15) is 0 Å². The first kappa shape index (κ1) is 23.2. The standard InChI is InChI=1S/C22H25ClN8O2S/c1-33-18-10-27-20-19(31-18)15(16(23)9-26-20)8-25-13-4-2-12(3-5-13)24-6-14-7-28-22-21(29-14)30-17(32)11-34-22/h7,9-10,12-13,24-25H,2-6,8,11H2,1H3,(H,29,30,32). The number of anilines is 1. The van der Waals surface area contributed by atoms with E-state index in [0.29, 0.717) is 58.8 Å². The Balaban J connectivity index is 1.13. The Bertz CT molecular complexity index is 1200. The lowest BCUT2D eigenvalue weighted by Gasteiger charge is -2.30. The first-order valence-electron chi connectivity index (χ1n) is 11.2. The number of carbonyl (C=O) groups is 1. The minimum absolute atomic E-state index is 0.0324. The highest BCUT2D eigenvalue weighted by atomic mass is 35.5. The second kappa shape index (κ2) is 10.3. The first-order chi connectivity index (χ1) is 16.6. The summed E-state index contributed by atoms with van der Waals surface area (Å²) in [4.78, 5) is 33.6. The lowest BCUT2D eigenvalue weighted by Crippen LogP contribution is -2.39. The van der Waals surface area contributed by atoms with E-state index < -0.39 is 0 Å². The fraction of sp³-hybridized carbons (Fsp3) is 0.455. The zero-order chi connectivity index (χ0) is 23.5. The van der Waals surface area contributed by atoms with Crippen molar-refractivity contribution in [2.24, 2.45) is 0 Å². The van der Waals surface area contributed by atoms with Crippen LogP contribution >= 0.6 is 23.4 Å². The summed E-state index contributed by atoms with van der Waals surface area (Å²) in [6.45, 7) is 1.22. The number of aromatic nitrogens is 5. The summed E-state index contributed by atoms with van der Waals surface area (Å²) >= 11 is 7.85. The molecule has 4 heterocycles. The van der Waals surface area contributed by atoms with Crippen LogP contribution in [-0.4, -0.2) is 55.8 Å². The maximum Gasteiger partial charge on any atom is 0.236 e. The Morgan fingerprint density at radius 1 is 1.06 bits per heavy atom. The second-order valence-electron chi connectivity index (χ2n) is 8.33. The molecule has 1 amide bonds. The molecule has 1 saturated carbocycles. The SMILES string of the molecule is COc1cnc2ncc(Cl)c(CNC3CCC(NCc4cnc5c(n4)NC(=O)CS5)CC3)c2n1. The number of methoxy groups -OCH3 is 1. The average molecular weight is 501 g/mol. The van der Waals surface area contributed by atoms with Crippen LogP contribution in [0.2, 0.25) is 5.02 Å². The molecule has 0 aromatic carbocycles. The van der Waals surface area contributed by atoms with Crippen molar-refractivity contribution in [3.05, 3.63) is 34.9 Å². The fourth-order valence-corrected chi connectivity index (χ4v) is 5.13. The topological polar surface area (TPSA) is 127 Å². The predicted molar refractivity (Wildman–Crippen MR) is 130 cm³/mol. The zero-order valence-corrected chi connectivity index (χ0v) is 20.2. The van der Waals surface area contributed by atoms with E-state index in [1.165, 1.54) is 11.8 Å². The molecule has 2 aliphatic rings. The van der Waals surface area contributed by atoms with Crippen LogP contribution in [0.3, 0.4) is 0 Å². The third-order valence-corrected chi connectivity index (χ3v) is 7.37. The van der Waals surface area contributed by atoms with Gasteiger partial charge in [-0.3, -0.25) is 4.79 Å². The van der Waals surface area contributed by atoms with Gasteiger partial charge in [-0.05, 0) is 25.7 Å². The molecule has 0 spiro atoms. The van der Waals surface area contributed by atoms with Crippen LogP contribution in [0.4, 0.5) is 5.82 Å². The highest BCUT2D eigenvalue weighted by molar-refractivity contribution is 8.00. The number of halogens is 1. The van der Waals surface area contributed by atoms with E-state index in [2.05, 4.69) is 40.9 Å². The number of amides is 1. The fourth-order valence-electron chi connectivity index (χ4n) is 4.22. The highest BCUT2D eigenvalue weighted by Gasteiger charge is 2.22. The van der Waals surface area contributed by atoms with Crippen molar-refractivity contribution in [2.75, 3.05) is 18.2 Å². The summed E-state index contributed by atoms with van der Waals surface area (Å²) in [5.74, 6) is 1.36. The predicted octanol–water partition coefficient (Wildman–Crippen LogP) is 2.71. The summed E-state index contributed by atoms with van der Waals surface area (Å²) in [5, 5.41) is 11.4. The van der Waals surface area contributed by atoms with Crippen molar-refractivity contribution in [1.29, 1.82) is 0 Å². The van der Waals surface area contributed by atoms with Crippen LogP contribution < -0.4 is 20.7 Å². The van der Waals surface area contributed by atoms with E-state index in [9.17, 15) is 4.79 Å². The number of ether oxygens (including phenoxy) is 1. The minimum atomic E-state index is -0.0324. The van der Waals surface area contributed by atoms with Crippen molar-refractivity contribution in [3.63, 3.8) is 0 Å². The van der Waals surface area contributed by atoms with Crippen LogP contribution in [-0.2, 0) is 17.9 Å². The molecule has 0 radical (unpaired) electrons. The number of rotatable bonds is 7. The van der Waals surface area contributed by atoms with Gasteiger partial charge in [0.15, 0.2) is 11.5 Å². The van der Waals surface area contributed by atoms with Crippen LogP contribution in [0, 0.1) is 0 Å². The van der Waals surface area contributed by atoms with Crippen molar-refractivity contribution >= 4 is 46.3 Å². The van der Waals surface area contributed by atoms with Gasteiger partial charge < -0.3 is 20.7 Å². The molecule has 0 bridgehead atoms. The monoisotopic (exact) mass is 500 g/mol. The quantitative estimate of drug-likeness (QED) is 0.445. The van der Waals surface area contributed by atoms with Gasteiger partial charge in [0.2, 0.25) is 11.8 Å². The van der Waals surface area contributed by atoms with Crippen molar-refractivity contribution < 1.29 is 9.53 Å². The van der Waals surface area contributed by atoms with E-state index in [1.807, 2.05) is 0 Å². The molecule has 34 heavy (non-hydrogen) atoms. The van der Waals surface area contributed by atoms with E-state index in [1.54, 1.807) is 25.7 Å². The molecule has 1 aliphatic heterocycles. The lowest BCUT2D eigenvalue weighted by molar-refractivity contribution is -0.113. The summed E-state index contributed by atoms with van der Waals surface area (Å²) < 4.78 is 5.21. The van der Waals surface area contributed by atoms with Crippen molar-refractivity contribution in [2.45, 2.75) is 55.9 Å². The molecular formula is C22H25ClN8O2S. The maximum absolute atomic E-state index is 11.6. The number of pyridine rings is 1. The van der Waals surface area contributed by atoms with Gasteiger partial charge in [-0.25, -0.2) is 24.9 Å². The third-order valence-electron chi connectivity index (χ3n) is 6.07. The van der Waals surface area contributed by atoms with E-state index in [0.717, 1.165) is 42.0 Å². The average Bonchev–Trinajstić information content (AvgIpc) is 2.87. The Kier molecular flexibility index (Phi) is 7.05. The van der Waals surface area contributed by atoms with Gasteiger partial charge in [-0.15, -0.1) is 0 Å². The summed E-state index contributed by atoms with van der Waals surface area (Å²) in [6.07, 6.45) is 9.17. The van der Waals surface area contributed by atoms with E-state index >= 15 is 0 Å². The molecular weight excluding hydrogens is 476 g/mol. The van der Waals surface area contributed by atoms with E-state index in [-0.39, 0.29) is 5.91 Å². The van der Waals surface area contributed by atoms with Crippen LogP contribution in [0.5, 0.6) is 5.88 Å². The van der Waals surface area contributed by atoms with Gasteiger partial charge >= 0.3 is 0 Å². The molecule has 3 aromatic heterocycles. The smallest absolute Gasteiger partial charge is 0.236 e. The third kappa shape index (κ3) is 5.22. The Labute approximate surface area is 206 Å². The molecule has 3 N–H and O–H groups in total. The number of fused-ring (bicyclic) bond motifs is 2. The molecule has 178 valence electrons. The summed E-state index contributed by atoms with van der Waals surface area (Å²) in [7, 11) is 1.56. The number of carbonyl (C=O) groups excluding carboxylic acids is 1. The molecule has 1 fully saturated rings. The zero-order valence-electron chi connectivity index (χ0n) is 18.7. The van der Waals surface area contributed by atoms with Crippen LogP contribution in [0.25, 0.3) is 11.2 Å². The number of nitrogens with one attached hydrogen (secondary N) is 3. The van der Waals surface area contributed by atoms with Gasteiger partial charge in [0.25, 0.3) is 0 Å². The molecule has 10 nitrogen and oxygen atoms in total. The molecule has 0 atom stereocenters. The van der Waals surface area contributed by atoms with Gasteiger partial charge in [0.05, 0.1) is 36.0 Å². The number of thioether (sulfide) groups is 1. The number of nitrogens with zero attached hydrogens (tertiary/aromatic N) is 5. The van der Waals surface area contributed by atoms with Gasteiger partial charge in [-0.1, -0.05) is 23.4 Å². The largest absolute Gasteiger partial charge is 0.480 e. The maximum atomic E-state index is 11.6. The van der Waals surface area contributed by atoms with Gasteiger partial charge in [0.1, 0.15) is 10.5 Å². The Morgan fingerprint density at radius 2 is 1.79 bits per heavy atom. The first-order valence-corrected chi connectivity index (χ1v) is 12.5. The van der Waals surface area contributed by atoms with Crippen LogP contribution in [0.15, 0.2) is 23.6 Å². The van der Waals surface area contributed by atoms with Crippen molar-refractivity contribution in [3.8, 4) is 5.88 Å². The normalized spacial score (nSPS) is 20.1. The van der Waals surface area contributed by atoms with Crippen molar-refractivity contribution in [1.82, 2.24) is 35.6 Å². The van der Waals surface area contributed by atoms with Crippen LogP contribution in [0.1, 0.15) is 36.9 Å².